The van der Waals surface area contributed by atoms with Gasteiger partial charge in [0.15, 0.2) is 6.19 Å². The van der Waals surface area contributed by atoms with Crippen molar-refractivity contribution in [2.75, 3.05) is 6.54 Å². The SMILES string of the molecule is CC1CC(N)CN1C#N. The maximum atomic E-state index is 8.47. The van der Waals surface area contributed by atoms with Gasteiger partial charge in [0.25, 0.3) is 0 Å². The van der Waals surface area contributed by atoms with Gasteiger partial charge in [-0.05, 0) is 13.3 Å². The summed E-state index contributed by atoms with van der Waals surface area (Å²) in [5.41, 5.74) is 5.60. The largest absolute Gasteiger partial charge is 0.326 e. The van der Waals surface area contributed by atoms with Crippen molar-refractivity contribution in [1.29, 1.82) is 5.26 Å². The van der Waals surface area contributed by atoms with Crippen LogP contribution in [0.5, 0.6) is 0 Å². The Kier molecular flexibility index (Phi) is 1.58. The molecule has 9 heavy (non-hydrogen) atoms. The minimum Gasteiger partial charge on any atom is -0.326 e. The number of hydrogen-bond donors (Lipinski definition) is 1. The quantitative estimate of drug-likeness (QED) is 0.459. The van der Waals surface area contributed by atoms with Crippen LogP contribution in [0.25, 0.3) is 0 Å². The molecule has 0 aliphatic carbocycles. The van der Waals surface area contributed by atoms with E-state index in [4.69, 9.17) is 11.0 Å². The first kappa shape index (κ1) is 6.37. The summed E-state index contributed by atoms with van der Waals surface area (Å²) in [7, 11) is 0. The van der Waals surface area contributed by atoms with Crippen LogP contribution in [0.1, 0.15) is 13.3 Å². The molecule has 1 aliphatic heterocycles. The van der Waals surface area contributed by atoms with Gasteiger partial charge in [-0.3, -0.25) is 0 Å². The molecule has 1 rings (SSSR count). The summed E-state index contributed by atoms with van der Waals surface area (Å²) in [5.74, 6) is 0. The zero-order chi connectivity index (χ0) is 6.85. The monoisotopic (exact) mass is 125 g/mol. The van der Waals surface area contributed by atoms with Crippen LogP contribution in [-0.2, 0) is 0 Å². The van der Waals surface area contributed by atoms with Gasteiger partial charge in [-0.15, -0.1) is 0 Å². The van der Waals surface area contributed by atoms with Crippen molar-refractivity contribution in [3.05, 3.63) is 0 Å². The fourth-order valence-electron chi connectivity index (χ4n) is 1.21. The van der Waals surface area contributed by atoms with Gasteiger partial charge in [0, 0.05) is 18.6 Å². The highest BCUT2D eigenvalue weighted by atomic mass is 15.2. The number of rotatable bonds is 0. The summed E-state index contributed by atoms with van der Waals surface area (Å²) in [6, 6.07) is 0.560. The Bertz CT molecular complexity index is 138. The first-order valence-corrected chi connectivity index (χ1v) is 3.16. The molecular formula is C6H11N3. The average Bonchev–Trinajstić information content (AvgIpc) is 2.10. The second kappa shape index (κ2) is 2.24. The van der Waals surface area contributed by atoms with Crippen molar-refractivity contribution in [3.8, 4) is 6.19 Å². The molecule has 0 aromatic rings. The first-order valence-electron chi connectivity index (χ1n) is 3.16. The van der Waals surface area contributed by atoms with Gasteiger partial charge in [-0.25, -0.2) is 0 Å². The van der Waals surface area contributed by atoms with Gasteiger partial charge in [0.2, 0.25) is 0 Å². The van der Waals surface area contributed by atoms with E-state index in [1.54, 1.807) is 4.90 Å². The predicted octanol–water partition coefficient (Wildman–Crippen LogP) is -0.111. The molecule has 0 bridgehead atoms. The first-order chi connectivity index (χ1) is 4.24. The fraction of sp³-hybridized carbons (Fsp3) is 0.833. The molecule has 2 N–H and O–H groups in total. The molecule has 0 spiro atoms. The van der Waals surface area contributed by atoms with Crippen LogP contribution in [0.2, 0.25) is 0 Å². The lowest BCUT2D eigenvalue weighted by Crippen LogP contribution is -2.24. The molecule has 1 aliphatic rings. The second-order valence-electron chi connectivity index (χ2n) is 2.60. The van der Waals surface area contributed by atoms with E-state index in [2.05, 4.69) is 6.19 Å². The highest BCUT2D eigenvalue weighted by Gasteiger charge is 2.24. The summed E-state index contributed by atoms with van der Waals surface area (Å²) < 4.78 is 0. The van der Waals surface area contributed by atoms with Gasteiger partial charge < -0.3 is 10.6 Å². The Morgan fingerprint density at radius 3 is 2.67 bits per heavy atom. The molecule has 50 valence electrons. The zero-order valence-corrected chi connectivity index (χ0v) is 5.54. The average molecular weight is 125 g/mol. The summed E-state index contributed by atoms with van der Waals surface area (Å²) in [6.07, 6.45) is 3.05. The Morgan fingerprint density at radius 1 is 1.78 bits per heavy atom. The van der Waals surface area contributed by atoms with Gasteiger partial charge in [-0.2, -0.15) is 5.26 Å². The molecule has 0 saturated carbocycles. The highest BCUT2D eigenvalue weighted by molar-refractivity contribution is 4.91. The van der Waals surface area contributed by atoms with E-state index < -0.39 is 0 Å². The third kappa shape index (κ3) is 1.14. The summed E-state index contributed by atoms with van der Waals surface area (Å²) in [4.78, 5) is 1.73. The normalized spacial score (nSPS) is 34.6. The van der Waals surface area contributed by atoms with E-state index in [1.165, 1.54) is 0 Å². The number of nitrogens with zero attached hydrogens (tertiary/aromatic N) is 2. The van der Waals surface area contributed by atoms with Crippen LogP contribution < -0.4 is 5.73 Å². The van der Waals surface area contributed by atoms with Crippen molar-refractivity contribution < 1.29 is 0 Å². The van der Waals surface area contributed by atoms with Gasteiger partial charge in [0.1, 0.15) is 0 Å². The lowest BCUT2D eigenvalue weighted by Gasteiger charge is -2.10. The standard InChI is InChI=1S/C6H11N3/c1-5-2-6(8)3-9(5)4-7/h5-6H,2-3,8H2,1H3. The van der Waals surface area contributed by atoms with Crippen LogP contribution in [0.15, 0.2) is 0 Å². The highest BCUT2D eigenvalue weighted by Crippen LogP contribution is 2.13. The molecule has 0 radical (unpaired) electrons. The molecule has 1 heterocycles. The maximum Gasteiger partial charge on any atom is 0.179 e. The van der Waals surface area contributed by atoms with Crippen molar-refractivity contribution in [1.82, 2.24) is 4.90 Å². The van der Waals surface area contributed by atoms with Crippen LogP contribution in [0.4, 0.5) is 0 Å². The Labute approximate surface area is 55.1 Å². The molecule has 0 amide bonds. The summed E-state index contributed by atoms with van der Waals surface area (Å²) in [5, 5.41) is 8.47. The minimum atomic E-state index is 0.208. The molecule has 3 nitrogen and oxygen atoms in total. The Balaban J connectivity index is 2.50. The topological polar surface area (TPSA) is 53.0 Å². The van der Waals surface area contributed by atoms with E-state index in [-0.39, 0.29) is 6.04 Å². The Hall–Kier alpha value is -0.750. The summed E-state index contributed by atoms with van der Waals surface area (Å²) in [6.45, 7) is 2.76. The molecular weight excluding hydrogens is 114 g/mol. The smallest absolute Gasteiger partial charge is 0.179 e. The fourth-order valence-corrected chi connectivity index (χ4v) is 1.21. The van der Waals surface area contributed by atoms with Crippen LogP contribution >= 0.6 is 0 Å². The molecule has 0 aromatic heterocycles. The summed E-state index contributed by atoms with van der Waals surface area (Å²) >= 11 is 0. The van der Waals surface area contributed by atoms with Crippen molar-refractivity contribution in [2.24, 2.45) is 5.73 Å². The molecule has 2 atom stereocenters. The third-order valence-electron chi connectivity index (χ3n) is 1.74. The van der Waals surface area contributed by atoms with E-state index in [0.717, 1.165) is 13.0 Å². The minimum absolute atomic E-state index is 0.208. The van der Waals surface area contributed by atoms with E-state index in [0.29, 0.717) is 6.04 Å². The molecule has 2 unspecified atom stereocenters. The van der Waals surface area contributed by atoms with Crippen molar-refractivity contribution in [3.63, 3.8) is 0 Å². The predicted molar refractivity (Wildman–Crippen MR) is 34.4 cm³/mol. The number of nitrogens with two attached hydrogens (primary N) is 1. The molecule has 0 aromatic carbocycles. The van der Waals surface area contributed by atoms with Gasteiger partial charge in [0.05, 0.1) is 0 Å². The van der Waals surface area contributed by atoms with Crippen molar-refractivity contribution in [2.45, 2.75) is 25.4 Å². The van der Waals surface area contributed by atoms with E-state index in [9.17, 15) is 0 Å². The number of hydrogen-bond acceptors (Lipinski definition) is 3. The third-order valence-corrected chi connectivity index (χ3v) is 1.74. The number of likely N-dealkylation sites (tertiary alicyclic amines) is 1. The van der Waals surface area contributed by atoms with E-state index >= 15 is 0 Å². The molecule has 1 saturated heterocycles. The maximum absolute atomic E-state index is 8.47. The van der Waals surface area contributed by atoms with Crippen LogP contribution in [0, 0.1) is 11.5 Å². The lowest BCUT2D eigenvalue weighted by atomic mass is 10.2. The van der Waals surface area contributed by atoms with Crippen LogP contribution in [0.3, 0.4) is 0 Å². The molecule has 3 heteroatoms. The van der Waals surface area contributed by atoms with Crippen molar-refractivity contribution >= 4 is 0 Å². The molecule has 1 fully saturated rings. The second-order valence-corrected chi connectivity index (χ2v) is 2.60. The van der Waals surface area contributed by atoms with E-state index in [1.807, 2.05) is 6.92 Å². The van der Waals surface area contributed by atoms with Crippen LogP contribution in [-0.4, -0.2) is 23.5 Å². The lowest BCUT2D eigenvalue weighted by molar-refractivity contribution is 0.387. The van der Waals surface area contributed by atoms with Gasteiger partial charge >= 0.3 is 0 Å². The number of nitriles is 1. The van der Waals surface area contributed by atoms with Gasteiger partial charge in [-0.1, -0.05) is 0 Å². The zero-order valence-electron chi connectivity index (χ0n) is 5.54. The Morgan fingerprint density at radius 2 is 2.44 bits per heavy atom.